The molecular weight excluding hydrogens is 275 g/mol. The molecule has 1 aromatic rings. The van der Waals surface area contributed by atoms with Crippen LogP contribution in [-0.2, 0) is 13.6 Å². The fourth-order valence-electron chi connectivity index (χ4n) is 1.62. The maximum atomic E-state index is 12.5. The zero-order valence-corrected chi connectivity index (χ0v) is 11.9. The monoisotopic (exact) mass is 290 g/mol. The van der Waals surface area contributed by atoms with Crippen LogP contribution in [0.25, 0.3) is 0 Å². The van der Waals surface area contributed by atoms with Crippen molar-refractivity contribution in [2.45, 2.75) is 0 Å². The van der Waals surface area contributed by atoms with Crippen LogP contribution in [0.15, 0.2) is 12.1 Å². The van der Waals surface area contributed by atoms with Gasteiger partial charge in [0, 0.05) is 14.2 Å². The lowest BCUT2D eigenvalue weighted by Gasteiger charge is -2.20. The Morgan fingerprint density at radius 3 is 1.89 bits per heavy atom. The summed E-state index contributed by atoms with van der Waals surface area (Å²) in [5.74, 6) is -1.19. The lowest BCUT2D eigenvalue weighted by Crippen LogP contribution is -2.21. The smallest absolute Gasteiger partial charge is 0.365 e. The second-order valence-electron chi connectivity index (χ2n) is 3.36. The Kier molecular flexibility index (Phi) is 4.94. The zero-order chi connectivity index (χ0) is 14.6. The van der Waals surface area contributed by atoms with Gasteiger partial charge in [0.25, 0.3) is 0 Å². The summed E-state index contributed by atoms with van der Waals surface area (Å²) in [5, 5.41) is 9.11. The van der Waals surface area contributed by atoms with Crippen LogP contribution in [0.3, 0.4) is 0 Å². The van der Waals surface area contributed by atoms with Crippen molar-refractivity contribution in [3.63, 3.8) is 0 Å². The molecule has 0 atom stereocenters. The molecule has 1 N–H and O–H groups in total. The number of benzene rings is 1. The van der Waals surface area contributed by atoms with Crippen molar-refractivity contribution >= 4 is 18.9 Å². The highest BCUT2D eigenvalue weighted by Crippen LogP contribution is 2.50. The molecule has 7 nitrogen and oxygen atoms in total. The third kappa shape index (κ3) is 2.73. The number of carboxylic acid groups (broad SMARTS) is 1. The normalized spacial score (nSPS) is 11.2. The van der Waals surface area contributed by atoms with Crippen molar-refractivity contribution in [3.05, 3.63) is 17.7 Å². The van der Waals surface area contributed by atoms with Crippen molar-refractivity contribution in [2.75, 3.05) is 28.4 Å². The summed E-state index contributed by atoms with van der Waals surface area (Å²) in [6.45, 7) is 0. The second kappa shape index (κ2) is 6.06. The Labute approximate surface area is 110 Å². The number of hydrogen-bond acceptors (Lipinski definition) is 6. The Morgan fingerprint density at radius 1 is 1.05 bits per heavy atom. The van der Waals surface area contributed by atoms with Crippen molar-refractivity contribution in [2.24, 2.45) is 0 Å². The molecule has 19 heavy (non-hydrogen) atoms. The van der Waals surface area contributed by atoms with Gasteiger partial charge in [0.1, 0.15) is 22.4 Å². The van der Waals surface area contributed by atoms with Gasteiger partial charge in [-0.15, -0.1) is 0 Å². The first kappa shape index (κ1) is 15.5. The van der Waals surface area contributed by atoms with Crippen molar-refractivity contribution < 1.29 is 33.0 Å². The number of rotatable bonds is 6. The van der Waals surface area contributed by atoms with E-state index < -0.39 is 13.6 Å². The predicted octanol–water partition coefficient (Wildman–Crippen LogP) is 1.51. The highest BCUT2D eigenvalue weighted by atomic mass is 31.2. The first-order chi connectivity index (χ1) is 8.95. The summed E-state index contributed by atoms with van der Waals surface area (Å²) >= 11 is 0. The molecule has 0 aliphatic rings. The molecule has 0 bridgehead atoms. The summed E-state index contributed by atoms with van der Waals surface area (Å²) < 4.78 is 32.2. The number of ether oxygens (including phenoxy) is 2. The van der Waals surface area contributed by atoms with Gasteiger partial charge in [-0.1, -0.05) is 0 Å². The van der Waals surface area contributed by atoms with Gasteiger partial charge in [-0.25, -0.2) is 4.79 Å². The van der Waals surface area contributed by atoms with E-state index in [4.69, 9.17) is 18.5 Å². The minimum Gasteiger partial charge on any atom is -0.496 e. The zero-order valence-electron chi connectivity index (χ0n) is 11.0. The molecule has 0 aromatic heterocycles. The highest BCUT2D eigenvalue weighted by molar-refractivity contribution is 7.62. The first-order valence-corrected chi connectivity index (χ1v) is 6.69. The molecular formula is C11H15O7P. The van der Waals surface area contributed by atoms with Crippen LogP contribution >= 0.6 is 7.60 Å². The summed E-state index contributed by atoms with van der Waals surface area (Å²) in [6.07, 6.45) is 0. The average Bonchev–Trinajstić information content (AvgIpc) is 2.44. The molecule has 0 saturated carbocycles. The average molecular weight is 290 g/mol. The minimum atomic E-state index is -3.81. The van der Waals surface area contributed by atoms with E-state index in [1.807, 2.05) is 0 Å². The van der Waals surface area contributed by atoms with E-state index in [1.165, 1.54) is 26.4 Å². The lowest BCUT2D eigenvalue weighted by molar-refractivity contribution is 0.0694. The maximum Gasteiger partial charge on any atom is 0.365 e. The molecule has 8 heteroatoms. The van der Waals surface area contributed by atoms with Crippen LogP contribution in [0.4, 0.5) is 0 Å². The van der Waals surface area contributed by atoms with E-state index in [2.05, 4.69) is 0 Å². The fourth-order valence-corrected chi connectivity index (χ4v) is 3.05. The van der Waals surface area contributed by atoms with E-state index in [0.29, 0.717) is 0 Å². The molecule has 0 unspecified atom stereocenters. The molecule has 0 saturated heterocycles. The molecule has 0 fully saturated rings. The number of carboxylic acids is 1. The van der Waals surface area contributed by atoms with Crippen LogP contribution < -0.4 is 14.8 Å². The van der Waals surface area contributed by atoms with E-state index in [9.17, 15) is 14.5 Å². The van der Waals surface area contributed by atoms with Gasteiger partial charge in [0.2, 0.25) is 0 Å². The number of methoxy groups -OCH3 is 2. The van der Waals surface area contributed by atoms with Gasteiger partial charge in [-0.2, -0.15) is 0 Å². The Balaban J connectivity index is 3.75. The Hall–Kier alpha value is -1.56. The van der Waals surface area contributed by atoms with Gasteiger partial charge in [0.05, 0.1) is 14.2 Å². The van der Waals surface area contributed by atoms with Crippen molar-refractivity contribution in [1.29, 1.82) is 0 Å². The molecule has 1 aromatic carbocycles. The SMILES string of the molecule is COc1ccc(OC)c(P(=O)(OC)OC)c1C(=O)O. The summed E-state index contributed by atoms with van der Waals surface area (Å²) in [5.41, 5.74) is -0.311. The standard InChI is InChI=1S/C11H15O7P/c1-15-7-5-6-8(16-2)10(9(7)11(12)13)19(14,17-3)18-4/h5-6H,1-4H3,(H,12,13). The molecule has 106 valence electrons. The van der Waals surface area contributed by atoms with Crippen LogP contribution in [0.5, 0.6) is 11.5 Å². The molecule has 0 aliphatic heterocycles. The largest absolute Gasteiger partial charge is 0.496 e. The van der Waals surface area contributed by atoms with Gasteiger partial charge < -0.3 is 23.6 Å². The summed E-state index contributed by atoms with van der Waals surface area (Å²) in [4.78, 5) is 11.4. The Bertz CT molecular complexity index is 518. The van der Waals surface area contributed by atoms with E-state index in [-0.39, 0.29) is 22.4 Å². The predicted molar refractivity (Wildman–Crippen MR) is 67.8 cm³/mol. The fraction of sp³-hybridized carbons (Fsp3) is 0.364. The van der Waals surface area contributed by atoms with E-state index in [1.54, 1.807) is 0 Å². The van der Waals surface area contributed by atoms with Crippen molar-refractivity contribution in [3.8, 4) is 11.5 Å². The van der Waals surface area contributed by atoms with Gasteiger partial charge in [0.15, 0.2) is 0 Å². The summed E-state index contributed by atoms with van der Waals surface area (Å²) in [6, 6.07) is 2.84. The number of hydrogen-bond donors (Lipinski definition) is 1. The topological polar surface area (TPSA) is 91.3 Å². The maximum absolute atomic E-state index is 12.5. The third-order valence-electron chi connectivity index (χ3n) is 2.51. The van der Waals surface area contributed by atoms with Gasteiger partial charge >= 0.3 is 13.6 Å². The van der Waals surface area contributed by atoms with Gasteiger partial charge in [-0.3, -0.25) is 4.57 Å². The van der Waals surface area contributed by atoms with E-state index >= 15 is 0 Å². The Morgan fingerprint density at radius 2 is 1.53 bits per heavy atom. The van der Waals surface area contributed by atoms with E-state index in [0.717, 1.165) is 14.2 Å². The van der Waals surface area contributed by atoms with Crippen molar-refractivity contribution in [1.82, 2.24) is 0 Å². The first-order valence-electron chi connectivity index (χ1n) is 5.15. The van der Waals surface area contributed by atoms with Crippen LogP contribution in [0.1, 0.15) is 10.4 Å². The minimum absolute atomic E-state index is 0.0395. The quantitative estimate of drug-likeness (QED) is 0.794. The second-order valence-corrected chi connectivity index (χ2v) is 5.53. The summed E-state index contributed by atoms with van der Waals surface area (Å²) in [7, 11) is 1.15. The molecule has 0 radical (unpaired) electrons. The number of aromatic carboxylic acids is 1. The molecule has 0 spiro atoms. The molecule has 0 aliphatic carbocycles. The molecule has 0 heterocycles. The molecule has 0 amide bonds. The highest BCUT2D eigenvalue weighted by Gasteiger charge is 2.36. The van der Waals surface area contributed by atoms with Gasteiger partial charge in [-0.05, 0) is 12.1 Å². The number of carbonyl (C=O) groups is 1. The molecule has 1 rings (SSSR count). The van der Waals surface area contributed by atoms with Crippen LogP contribution in [0.2, 0.25) is 0 Å². The van der Waals surface area contributed by atoms with Crippen LogP contribution in [0, 0.1) is 0 Å². The van der Waals surface area contributed by atoms with Crippen LogP contribution in [-0.4, -0.2) is 39.5 Å². The third-order valence-corrected chi connectivity index (χ3v) is 4.46. The lowest BCUT2D eigenvalue weighted by atomic mass is 10.2.